The third kappa shape index (κ3) is 3.54. The second kappa shape index (κ2) is 9.44. The second-order valence-corrected chi connectivity index (χ2v) is 17.2. The van der Waals surface area contributed by atoms with Gasteiger partial charge in [0.1, 0.15) is 41.9 Å². The summed E-state index contributed by atoms with van der Waals surface area (Å²) in [6.45, 7) is 18.9. The van der Waals surface area contributed by atoms with Gasteiger partial charge in [-0.3, -0.25) is 19.2 Å². The summed E-state index contributed by atoms with van der Waals surface area (Å²) >= 11 is 0. The third-order valence-electron chi connectivity index (χ3n) is 15.3. The Morgan fingerprint density at radius 2 is 1.37 bits per heavy atom. The van der Waals surface area contributed by atoms with Gasteiger partial charge in [-0.2, -0.15) is 0 Å². The summed E-state index contributed by atoms with van der Waals surface area (Å²) in [7, 11) is 0. The van der Waals surface area contributed by atoms with Crippen LogP contribution in [0.3, 0.4) is 0 Å². The fourth-order valence-corrected chi connectivity index (χ4v) is 13.6. The minimum atomic E-state index is -2.91. The van der Waals surface area contributed by atoms with E-state index in [1.165, 1.54) is 20.8 Å². The van der Waals surface area contributed by atoms with E-state index in [1.807, 2.05) is 34.6 Å². The SMILES string of the molecule is C=C1O[C@]23O[C@H]2[C@@H](C)[C@H]2[C@@H]([C@H](OC(C)=O)[C@H]4[C@H]5C(C(C)[C@H](OC(C)=O)[C@]24C)[C@]2(C)[C@H](C[C@@H]4O[C@@H]4[C@@H]2OC(C)=O)C(=O)C5(O)O)[C@@]3(C)[C@]1(C)O. The van der Waals surface area contributed by atoms with Crippen molar-refractivity contribution in [3.63, 3.8) is 0 Å². The minimum absolute atomic E-state index is 0.0991. The third-order valence-corrected chi connectivity index (χ3v) is 15.3. The predicted octanol–water partition coefficient (Wildman–Crippen LogP) is 1.64. The van der Waals surface area contributed by atoms with E-state index in [0.717, 1.165) is 0 Å². The summed E-state index contributed by atoms with van der Waals surface area (Å²) in [5.41, 5.74) is -5.32. The summed E-state index contributed by atoms with van der Waals surface area (Å²) in [5, 5.41) is 36.9. The summed E-state index contributed by atoms with van der Waals surface area (Å²) in [6.07, 6.45) is -4.13. The topological polar surface area (TPSA) is 191 Å². The van der Waals surface area contributed by atoms with E-state index < -0.39 is 135 Å². The van der Waals surface area contributed by atoms with Gasteiger partial charge in [-0.1, -0.05) is 34.3 Å². The molecule has 19 atom stereocenters. The molecule has 270 valence electrons. The first-order chi connectivity index (χ1) is 22.6. The van der Waals surface area contributed by atoms with Gasteiger partial charge in [-0.25, -0.2) is 0 Å². The van der Waals surface area contributed by atoms with E-state index in [4.69, 9.17) is 28.4 Å². The lowest BCUT2D eigenvalue weighted by atomic mass is 9.39. The fourth-order valence-electron chi connectivity index (χ4n) is 13.6. The van der Waals surface area contributed by atoms with Gasteiger partial charge < -0.3 is 43.7 Å². The highest BCUT2D eigenvalue weighted by Crippen LogP contribution is 2.82. The molecule has 13 nitrogen and oxygen atoms in total. The van der Waals surface area contributed by atoms with Gasteiger partial charge in [0, 0.05) is 55.3 Å². The van der Waals surface area contributed by atoms with Gasteiger partial charge in [0.2, 0.25) is 11.6 Å². The van der Waals surface area contributed by atoms with E-state index in [9.17, 15) is 34.5 Å². The highest BCUT2D eigenvalue weighted by Gasteiger charge is 2.92. The quantitative estimate of drug-likeness (QED) is 0.168. The Kier molecular flexibility index (Phi) is 6.47. The number of ether oxygens (including phenoxy) is 6. The molecule has 3 N–H and O–H groups in total. The van der Waals surface area contributed by atoms with Gasteiger partial charge in [-0.05, 0) is 43.9 Å². The minimum Gasteiger partial charge on any atom is -0.462 e. The predicted molar refractivity (Wildman–Crippen MR) is 164 cm³/mol. The normalized spacial score (nSPS) is 58.2. The first kappa shape index (κ1) is 33.6. The maximum atomic E-state index is 14.6. The lowest BCUT2D eigenvalue weighted by molar-refractivity contribution is -0.313. The summed E-state index contributed by atoms with van der Waals surface area (Å²) in [5.74, 6) is -13.0. The van der Waals surface area contributed by atoms with E-state index in [0.29, 0.717) is 0 Å². The van der Waals surface area contributed by atoms with Crippen molar-refractivity contribution in [1.82, 2.24) is 0 Å². The van der Waals surface area contributed by atoms with Gasteiger partial charge in [-0.15, -0.1) is 0 Å². The van der Waals surface area contributed by atoms with Crippen LogP contribution in [-0.2, 0) is 47.6 Å². The van der Waals surface area contributed by atoms with Crippen LogP contribution in [0.25, 0.3) is 0 Å². The number of hydrogen-bond donors (Lipinski definition) is 3. The molecule has 0 amide bonds. The summed E-state index contributed by atoms with van der Waals surface area (Å²) < 4.78 is 37.2. The molecule has 3 aliphatic heterocycles. The average Bonchev–Trinajstić information content (AvgIpc) is 3.88. The Hall–Kier alpha value is -2.58. The number of carbonyl (C=O) groups is 4. The molecule has 0 aromatic rings. The van der Waals surface area contributed by atoms with Gasteiger partial charge in [0.25, 0.3) is 0 Å². The number of Topliss-reactive ketones (excluding diaryl/α,β-unsaturated/α-hetero) is 1. The zero-order valence-corrected chi connectivity index (χ0v) is 29.4. The zero-order chi connectivity index (χ0) is 35.9. The Labute approximate surface area is 284 Å². The van der Waals surface area contributed by atoms with E-state index in [-0.39, 0.29) is 18.1 Å². The first-order valence-electron chi connectivity index (χ1n) is 17.5. The number of fused-ring (bicyclic) bond motifs is 9. The van der Waals surface area contributed by atoms with Crippen molar-refractivity contribution >= 4 is 23.7 Å². The molecule has 5 aliphatic carbocycles. The van der Waals surface area contributed by atoms with Crippen LogP contribution in [0.5, 0.6) is 0 Å². The van der Waals surface area contributed by atoms with Crippen LogP contribution in [0.15, 0.2) is 12.3 Å². The van der Waals surface area contributed by atoms with Crippen molar-refractivity contribution in [2.75, 3.05) is 0 Å². The molecule has 0 radical (unpaired) electrons. The van der Waals surface area contributed by atoms with Crippen LogP contribution in [0.2, 0.25) is 0 Å². The fraction of sp³-hybridized carbons (Fsp3) is 0.833. The van der Waals surface area contributed by atoms with E-state index in [1.54, 1.807) is 6.92 Å². The van der Waals surface area contributed by atoms with Crippen LogP contribution in [0.4, 0.5) is 0 Å². The number of rotatable bonds is 3. The number of aliphatic hydroxyl groups is 3. The van der Waals surface area contributed by atoms with Crippen molar-refractivity contribution < 1.29 is 62.9 Å². The molecular formula is C36H48O13. The van der Waals surface area contributed by atoms with Gasteiger partial charge in [0.05, 0.1) is 11.5 Å². The molecule has 3 saturated heterocycles. The maximum absolute atomic E-state index is 14.6. The summed E-state index contributed by atoms with van der Waals surface area (Å²) in [6, 6.07) is 0. The standard InChI is InChI=1S/C36H48O13/c1-12-20-22(35(42,43)27(40)18-11-19-25(47-19)30(31(18,20)7)46-17(6)39)23-26(44-15(4)37)24-21(32(23,8)28(12)45-16(5)38)13(2)29-36(49-29)33(24,9)34(10,41)14(3)48-36/h12-13,18-26,28-30,41-43H,3,11H2,1-2,4-10H3/t12?,13-,18+,19-,20?,21-,22+,23+,24-,25-,26+,28-,29-,30-,31-,32+,33-,34+,36-/m0/s1. The van der Waals surface area contributed by atoms with E-state index >= 15 is 0 Å². The molecule has 5 saturated carbocycles. The van der Waals surface area contributed by atoms with Crippen molar-refractivity contribution in [1.29, 1.82) is 0 Å². The number of epoxide rings is 2. The largest absolute Gasteiger partial charge is 0.462 e. The monoisotopic (exact) mass is 688 g/mol. The second-order valence-electron chi connectivity index (χ2n) is 17.2. The van der Waals surface area contributed by atoms with Crippen LogP contribution in [0, 0.1) is 63.6 Å². The van der Waals surface area contributed by atoms with Crippen LogP contribution in [0.1, 0.15) is 68.7 Å². The van der Waals surface area contributed by atoms with Gasteiger partial charge in [0.15, 0.2) is 5.78 Å². The van der Waals surface area contributed by atoms with Crippen molar-refractivity contribution in [3.8, 4) is 0 Å². The highest BCUT2D eigenvalue weighted by atomic mass is 16.8. The van der Waals surface area contributed by atoms with Crippen LogP contribution < -0.4 is 0 Å². The molecular weight excluding hydrogens is 640 g/mol. The van der Waals surface area contributed by atoms with Crippen molar-refractivity contribution in [2.24, 2.45) is 63.6 Å². The number of carbonyl (C=O) groups excluding carboxylic acids is 4. The molecule has 8 fully saturated rings. The molecule has 49 heavy (non-hydrogen) atoms. The number of ketones is 1. The highest BCUT2D eigenvalue weighted by molar-refractivity contribution is 5.90. The van der Waals surface area contributed by atoms with Crippen LogP contribution >= 0.6 is 0 Å². The summed E-state index contributed by atoms with van der Waals surface area (Å²) in [4.78, 5) is 53.4. The molecule has 2 unspecified atom stereocenters. The molecule has 13 heteroatoms. The first-order valence-corrected chi connectivity index (χ1v) is 17.5. The molecule has 0 bridgehead atoms. The zero-order valence-electron chi connectivity index (χ0n) is 29.4. The number of esters is 3. The molecule has 8 rings (SSSR count). The van der Waals surface area contributed by atoms with E-state index in [2.05, 4.69) is 6.58 Å². The number of hydrogen-bond acceptors (Lipinski definition) is 13. The average molecular weight is 689 g/mol. The Bertz CT molecular complexity index is 1590. The Morgan fingerprint density at radius 1 is 0.796 bits per heavy atom. The maximum Gasteiger partial charge on any atom is 0.303 e. The van der Waals surface area contributed by atoms with Gasteiger partial charge >= 0.3 is 17.9 Å². The smallest absolute Gasteiger partial charge is 0.303 e. The molecule has 1 spiro atoms. The molecule has 3 heterocycles. The molecule has 8 aliphatic rings. The van der Waals surface area contributed by atoms with Crippen LogP contribution in [-0.4, -0.2) is 92.8 Å². The molecule has 0 aromatic carbocycles. The lowest BCUT2D eigenvalue weighted by Crippen LogP contribution is -2.76. The Morgan fingerprint density at radius 3 is 1.96 bits per heavy atom. The Balaban J connectivity index is 1.40. The lowest BCUT2D eigenvalue weighted by Gasteiger charge is -2.67. The van der Waals surface area contributed by atoms with Crippen molar-refractivity contribution in [3.05, 3.63) is 12.3 Å². The van der Waals surface area contributed by atoms with Crippen molar-refractivity contribution in [2.45, 2.75) is 123 Å². The molecule has 0 aromatic heterocycles.